The molecule has 1 aromatic heterocycles. The van der Waals surface area contributed by atoms with Crippen molar-refractivity contribution in [3.05, 3.63) is 67.2 Å². The van der Waals surface area contributed by atoms with E-state index in [0.29, 0.717) is 5.92 Å². The summed E-state index contributed by atoms with van der Waals surface area (Å²) < 4.78 is 0. The molecular formula is C28H40N4. The van der Waals surface area contributed by atoms with Gasteiger partial charge in [0.1, 0.15) is 5.82 Å². The fourth-order valence-electron chi connectivity index (χ4n) is 4.41. The molecule has 0 saturated carbocycles. The summed E-state index contributed by atoms with van der Waals surface area (Å²) in [4.78, 5) is 9.28. The molecule has 0 bridgehead atoms. The largest absolute Gasteiger partial charge is 0.383 e. The van der Waals surface area contributed by atoms with E-state index >= 15 is 0 Å². The van der Waals surface area contributed by atoms with E-state index in [9.17, 15) is 0 Å². The Morgan fingerprint density at radius 3 is 2.62 bits per heavy atom. The van der Waals surface area contributed by atoms with Crippen molar-refractivity contribution in [1.29, 1.82) is 0 Å². The second-order valence-corrected chi connectivity index (χ2v) is 9.69. The van der Waals surface area contributed by atoms with Crippen LogP contribution in [0.5, 0.6) is 0 Å². The molecule has 3 rings (SSSR count). The summed E-state index contributed by atoms with van der Waals surface area (Å²) >= 11 is 0. The Morgan fingerprint density at radius 1 is 1.22 bits per heavy atom. The molecule has 4 heteroatoms. The topological polar surface area (TPSA) is 31.4 Å². The zero-order valence-electron chi connectivity index (χ0n) is 20.4. The first-order valence-electron chi connectivity index (χ1n) is 11.9. The molecule has 0 radical (unpaired) electrons. The van der Waals surface area contributed by atoms with Crippen LogP contribution in [0.1, 0.15) is 45.1 Å². The van der Waals surface area contributed by atoms with Gasteiger partial charge in [-0.1, -0.05) is 45.2 Å². The summed E-state index contributed by atoms with van der Waals surface area (Å²) in [6.45, 7) is 16.5. The van der Waals surface area contributed by atoms with E-state index < -0.39 is 0 Å². The number of anilines is 1. The van der Waals surface area contributed by atoms with Crippen LogP contribution in [0, 0.1) is 11.8 Å². The standard InChI is InChI=1S/C28H40N4/c1-7-23(20-31(5)6)25-10-11-26-19-29-28(18-27(26)17-25)30-22(4)24-12-15-32(16-13-24)14-8-9-21(2)3/h7,10-11,17-21,24H,1,4,8-9,12-16H2,2-3,5-6H3,(H,29,30)/b23-20+. The fraction of sp³-hybridized carbons (Fsp3) is 0.464. The lowest BCUT2D eigenvalue weighted by Gasteiger charge is -2.33. The molecule has 1 aliphatic heterocycles. The monoisotopic (exact) mass is 432 g/mol. The molecule has 1 saturated heterocycles. The van der Waals surface area contributed by atoms with Crippen molar-refractivity contribution in [1.82, 2.24) is 14.8 Å². The third kappa shape index (κ3) is 6.70. The van der Waals surface area contributed by atoms with Crippen molar-refractivity contribution in [2.75, 3.05) is 39.0 Å². The van der Waals surface area contributed by atoms with Crippen molar-refractivity contribution < 1.29 is 0 Å². The molecule has 0 amide bonds. The highest BCUT2D eigenvalue weighted by Crippen LogP contribution is 2.27. The smallest absolute Gasteiger partial charge is 0.130 e. The van der Waals surface area contributed by atoms with E-state index in [0.717, 1.165) is 34.0 Å². The number of aromatic nitrogens is 1. The minimum Gasteiger partial charge on any atom is -0.383 e. The van der Waals surface area contributed by atoms with Crippen molar-refractivity contribution >= 4 is 22.2 Å². The van der Waals surface area contributed by atoms with E-state index in [1.165, 1.54) is 50.7 Å². The first-order chi connectivity index (χ1) is 15.4. The average molecular weight is 433 g/mol. The van der Waals surface area contributed by atoms with Gasteiger partial charge in [-0.15, -0.1) is 0 Å². The molecule has 0 spiro atoms. The van der Waals surface area contributed by atoms with Crippen LogP contribution in [-0.4, -0.2) is 48.5 Å². The summed E-state index contributed by atoms with van der Waals surface area (Å²) in [5.74, 6) is 2.18. The number of allylic oxidation sites excluding steroid dienone is 3. The van der Waals surface area contributed by atoms with Gasteiger partial charge in [0, 0.05) is 43.5 Å². The molecule has 1 fully saturated rings. The molecule has 1 aromatic carbocycles. The zero-order valence-corrected chi connectivity index (χ0v) is 20.4. The third-order valence-electron chi connectivity index (χ3n) is 6.30. The predicted octanol–water partition coefficient (Wildman–Crippen LogP) is 6.40. The summed E-state index contributed by atoms with van der Waals surface area (Å²) in [5, 5.41) is 5.80. The van der Waals surface area contributed by atoms with Gasteiger partial charge in [0.15, 0.2) is 0 Å². The molecule has 2 heterocycles. The molecule has 4 nitrogen and oxygen atoms in total. The van der Waals surface area contributed by atoms with Crippen LogP contribution in [0.2, 0.25) is 0 Å². The minimum absolute atomic E-state index is 0.510. The number of hydrogen-bond acceptors (Lipinski definition) is 4. The Balaban J connectivity index is 1.62. The fourth-order valence-corrected chi connectivity index (χ4v) is 4.41. The van der Waals surface area contributed by atoms with Crippen LogP contribution in [-0.2, 0) is 0 Å². The molecule has 1 aliphatic rings. The Morgan fingerprint density at radius 2 is 1.97 bits per heavy atom. The van der Waals surface area contributed by atoms with Crippen molar-refractivity contribution in [2.24, 2.45) is 11.8 Å². The number of piperidine rings is 1. The quantitative estimate of drug-likeness (QED) is 0.440. The van der Waals surface area contributed by atoms with Crippen molar-refractivity contribution in [3.63, 3.8) is 0 Å². The molecule has 172 valence electrons. The molecule has 0 aliphatic carbocycles. The Hall–Kier alpha value is -2.59. The summed E-state index contributed by atoms with van der Waals surface area (Å²) in [5.41, 5.74) is 3.35. The lowest BCUT2D eigenvalue weighted by atomic mass is 9.93. The number of fused-ring (bicyclic) bond motifs is 1. The Bertz CT molecular complexity index is 949. The SMILES string of the molecule is C=C/C(=C\N(C)C)c1ccc2cnc(NC(=C)C3CCN(CCCC(C)C)CC3)cc2c1. The highest BCUT2D eigenvalue weighted by molar-refractivity contribution is 5.88. The normalized spacial score (nSPS) is 15.8. The van der Waals surface area contributed by atoms with Crippen LogP contribution >= 0.6 is 0 Å². The lowest BCUT2D eigenvalue weighted by Crippen LogP contribution is -2.35. The van der Waals surface area contributed by atoms with Gasteiger partial charge in [-0.3, -0.25) is 0 Å². The highest BCUT2D eigenvalue weighted by atomic mass is 15.1. The molecular weight excluding hydrogens is 392 g/mol. The van der Waals surface area contributed by atoms with E-state index in [2.05, 4.69) is 72.7 Å². The third-order valence-corrected chi connectivity index (χ3v) is 6.30. The van der Waals surface area contributed by atoms with E-state index in [-0.39, 0.29) is 0 Å². The Labute approximate surface area is 194 Å². The number of hydrogen-bond donors (Lipinski definition) is 1. The molecule has 0 atom stereocenters. The van der Waals surface area contributed by atoms with Gasteiger partial charge in [-0.2, -0.15) is 0 Å². The number of pyridine rings is 1. The van der Waals surface area contributed by atoms with Crippen molar-refractivity contribution in [3.8, 4) is 0 Å². The van der Waals surface area contributed by atoms with Gasteiger partial charge in [0.05, 0.1) is 0 Å². The van der Waals surface area contributed by atoms with Gasteiger partial charge >= 0.3 is 0 Å². The maximum atomic E-state index is 4.63. The number of benzene rings is 1. The van der Waals surface area contributed by atoms with Crippen LogP contribution in [0.15, 0.2) is 61.6 Å². The van der Waals surface area contributed by atoms with E-state index in [1.807, 2.05) is 31.3 Å². The van der Waals surface area contributed by atoms with Gasteiger partial charge in [0.2, 0.25) is 0 Å². The average Bonchev–Trinajstić information content (AvgIpc) is 2.77. The number of nitrogens with one attached hydrogen (secondary N) is 1. The first-order valence-corrected chi connectivity index (χ1v) is 11.9. The van der Waals surface area contributed by atoms with E-state index in [4.69, 9.17) is 0 Å². The summed E-state index contributed by atoms with van der Waals surface area (Å²) in [7, 11) is 4.05. The van der Waals surface area contributed by atoms with Crippen LogP contribution in [0.3, 0.4) is 0 Å². The molecule has 1 N–H and O–H groups in total. The van der Waals surface area contributed by atoms with Gasteiger partial charge < -0.3 is 15.1 Å². The minimum atomic E-state index is 0.510. The summed E-state index contributed by atoms with van der Waals surface area (Å²) in [6.07, 6.45) is 10.9. The van der Waals surface area contributed by atoms with E-state index in [1.54, 1.807) is 0 Å². The Kier molecular flexibility index (Phi) is 8.52. The maximum absolute atomic E-state index is 4.63. The van der Waals surface area contributed by atoms with Crippen LogP contribution in [0.25, 0.3) is 16.3 Å². The lowest BCUT2D eigenvalue weighted by molar-refractivity contribution is 0.194. The molecule has 2 aromatic rings. The van der Waals surface area contributed by atoms with Crippen LogP contribution in [0.4, 0.5) is 5.82 Å². The highest BCUT2D eigenvalue weighted by Gasteiger charge is 2.21. The maximum Gasteiger partial charge on any atom is 0.130 e. The number of likely N-dealkylation sites (tertiary alicyclic amines) is 1. The van der Waals surface area contributed by atoms with Gasteiger partial charge in [-0.05, 0) is 79.9 Å². The van der Waals surface area contributed by atoms with Gasteiger partial charge in [0.25, 0.3) is 0 Å². The second kappa shape index (κ2) is 11.3. The second-order valence-electron chi connectivity index (χ2n) is 9.69. The predicted molar refractivity (Wildman–Crippen MR) is 140 cm³/mol. The summed E-state index contributed by atoms with van der Waals surface area (Å²) in [6, 6.07) is 8.58. The molecule has 32 heavy (non-hydrogen) atoms. The first kappa shape index (κ1) is 24.1. The van der Waals surface area contributed by atoms with Crippen molar-refractivity contribution in [2.45, 2.75) is 39.5 Å². The number of nitrogens with zero attached hydrogens (tertiary/aromatic N) is 3. The number of rotatable bonds is 10. The van der Waals surface area contributed by atoms with Crippen LogP contribution < -0.4 is 5.32 Å². The molecule has 0 unspecified atom stereocenters. The van der Waals surface area contributed by atoms with Gasteiger partial charge in [-0.25, -0.2) is 4.98 Å². The zero-order chi connectivity index (χ0) is 23.1.